The van der Waals surface area contributed by atoms with E-state index in [0.717, 1.165) is 128 Å². The number of hydrogen-bond donors (Lipinski definition) is 4. The minimum Gasteiger partial charge on any atom is -0.463 e. The first-order valence-corrected chi connectivity index (χ1v) is 41.8. The number of aliphatic hydroxyl groups excluding tert-OH is 2. The Bertz CT molecular complexity index is 2290. The van der Waals surface area contributed by atoms with Crippen LogP contribution < -0.4 is 0 Å². The Labute approximate surface area is 602 Å². The van der Waals surface area contributed by atoms with Crippen molar-refractivity contribution >= 4 is 33.6 Å². The van der Waals surface area contributed by atoms with Crippen LogP contribution in [0.1, 0.15) is 316 Å². The predicted octanol–water partition coefficient (Wildman–Crippen LogP) is 22.5. The minimum atomic E-state index is -4.93. The molecule has 0 fully saturated rings. The van der Waals surface area contributed by atoms with Crippen LogP contribution in [0.4, 0.5) is 0 Å². The molecule has 5 unspecified atom stereocenters. The summed E-state index contributed by atoms with van der Waals surface area (Å²) in [4.78, 5) is 58.4. The molecule has 0 rings (SSSR count). The summed E-state index contributed by atoms with van der Waals surface area (Å²) >= 11 is 0. The van der Waals surface area contributed by atoms with Crippen LogP contribution in [0.25, 0.3) is 0 Å². The first-order valence-electron chi connectivity index (χ1n) is 38.8. The number of ether oxygens (including phenoxy) is 3. The molecule has 0 aliphatic heterocycles. The predicted molar refractivity (Wildman–Crippen MR) is 408 cm³/mol. The summed E-state index contributed by atoms with van der Waals surface area (Å²) in [6.45, 7) is 2.45. The largest absolute Gasteiger partial charge is 0.472 e. The molecule has 0 aliphatic carbocycles. The van der Waals surface area contributed by atoms with Gasteiger partial charge < -0.3 is 34.2 Å². The smallest absolute Gasteiger partial charge is 0.463 e. The summed E-state index contributed by atoms with van der Waals surface area (Å²) in [5, 5.41) is 20.6. The van der Waals surface area contributed by atoms with Crippen LogP contribution in [-0.4, -0.2) is 95.9 Å². The standard InChI is InChI=1S/C81H140O16P2/c1-4-7-10-13-16-19-22-24-26-28-30-31-32-33-34-35-36-37-38-39-40-41-42-43-45-47-48-50-53-55-58-61-64-67-79(84)91-70-76(82)71-93-98(87,88)94-72-77(83)73-95-99(89,90)96-75-78(97-81(86)69-66-63-60-57-52-21-18-15-12-9-6-3)74-92-80(85)68-65-62-59-56-54-51-49-46-44-29-27-25-23-20-17-14-11-8-5-2/h8,11,15-20,24-27,30-31,33-34,44,46,51,54,76-78,82-83H,4-7,9-10,12-14,21-23,28-29,32,35-43,45,47-50,52-53,55-75H2,1-3H3,(H,87,88)(H,89,90)/b11-8-,18-15-,19-16-,20-17-,26-24-,27-25-,31-30-,34-33-,46-44-,54-51-. The number of rotatable bonds is 73. The van der Waals surface area contributed by atoms with Crippen molar-refractivity contribution in [1.29, 1.82) is 0 Å². The lowest BCUT2D eigenvalue weighted by atomic mass is 10.0. The fourth-order valence-electron chi connectivity index (χ4n) is 10.2. The SMILES string of the molecule is CC/C=C\C/C=C\C/C=C\C/C=C\C/C=C\CCCCCC(=O)OCC(COP(=O)(O)OCC(O)COP(=O)(O)OCC(O)COC(=O)CCCCCCCCCCCCCCCCCCC/C=C\C/C=C\C/C=C\C/C=C\CCCCC)OC(=O)CCCCCCC/C=C\CCCC. The summed E-state index contributed by atoms with van der Waals surface area (Å²) < 4.78 is 60.9. The van der Waals surface area contributed by atoms with Crippen LogP contribution in [0.15, 0.2) is 122 Å². The van der Waals surface area contributed by atoms with Gasteiger partial charge in [-0.3, -0.25) is 32.5 Å². The fraction of sp³-hybridized carbons (Fsp3) is 0.716. The van der Waals surface area contributed by atoms with E-state index in [-0.39, 0.29) is 19.3 Å². The highest BCUT2D eigenvalue weighted by molar-refractivity contribution is 7.47. The molecule has 5 atom stereocenters. The van der Waals surface area contributed by atoms with Gasteiger partial charge in [-0.2, -0.15) is 0 Å². The van der Waals surface area contributed by atoms with Gasteiger partial charge in [0, 0.05) is 19.3 Å². The molecule has 18 heteroatoms. The molecular weight excluding hydrogens is 1290 g/mol. The molecule has 16 nitrogen and oxygen atoms in total. The maximum absolute atomic E-state index is 12.9. The number of hydrogen-bond acceptors (Lipinski definition) is 14. The number of carbonyl (C=O) groups is 3. The summed E-state index contributed by atoms with van der Waals surface area (Å²) in [6.07, 6.45) is 87.1. The Kier molecular flexibility index (Phi) is 70.7. The molecule has 0 radical (unpaired) electrons. The highest BCUT2D eigenvalue weighted by atomic mass is 31.2. The number of unbranched alkanes of at least 4 members (excludes halogenated alkanes) is 30. The molecule has 4 N–H and O–H groups in total. The Balaban J connectivity index is 4.38. The lowest BCUT2D eigenvalue weighted by Gasteiger charge is -2.21. The molecule has 0 saturated carbocycles. The Morgan fingerprint density at radius 1 is 0.293 bits per heavy atom. The van der Waals surface area contributed by atoms with Gasteiger partial charge >= 0.3 is 33.6 Å². The molecule has 570 valence electrons. The van der Waals surface area contributed by atoms with Gasteiger partial charge in [0.1, 0.15) is 25.4 Å². The summed E-state index contributed by atoms with van der Waals surface area (Å²) in [6, 6.07) is 0. The molecule has 99 heavy (non-hydrogen) atoms. The van der Waals surface area contributed by atoms with Crippen molar-refractivity contribution in [3.63, 3.8) is 0 Å². The van der Waals surface area contributed by atoms with Gasteiger partial charge in [-0.05, 0) is 128 Å². The summed E-state index contributed by atoms with van der Waals surface area (Å²) in [5.41, 5.74) is 0. The Morgan fingerprint density at radius 2 is 0.545 bits per heavy atom. The van der Waals surface area contributed by atoms with E-state index >= 15 is 0 Å². The van der Waals surface area contributed by atoms with Crippen LogP contribution in [0.2, 0.25) is 0 Å². The number of allylic oxidation sites excluding steroid dienone is 20. The van der Waals surface area contributed by atoms with Crippen LogP contribution in [0.5, 0.6) is 0 Å². The topological polar surface area (TPSA) is 231 Å². The van der Waals surface area contributed by atoms with E-state index in [1.165, 1.54) is 128 Å². The molecule has 0 spiro atoms. The van der Waals surface area contributed by atoms with Gasteiger partial charge in [-0.15, -0.1) is 0 Å². The normalized spacial score (nSPS) is 14.7. The fourth-order valence-corrected chi connectivity index (χ4v) is 11.8. The van der Waals surface area contributed by atoms with Gasteiger partial charge in [0.25, 0.3) is 0 Å². The van der Waals surface area contributed by atoms with E-state index in [9.17, 15) is 43.5 Å². The Hall–Kier alpha value is -4.05. The monoisotopic (exact) mass is 1430 g/mol. The highest BCUT2D eigenvalue weighted by Crippen LogP contribution is 2.45. The molecule has 0 bridgehead atoms. The quantitative estimate of drug-likeness (QED) is 0.0146. The molecule has 0 heterocycles. The van der Waals surface area contributed by atoms with E-state index in [1.54, 1.807) is 0 Å². The molecule has 0 amide bonds. The van der Waals surface area contributed by atoms with Gasteiger partial charge in [0.2, 0.25) is 0 Å². The lowest BCUT2D eigenvalue weighted by molar-refractivity contribution is -0.161. The van der Waals surface area contributed by atoms with Crippen LogP contribution in [0.3, 0.4) is 0 Å². The molecule has 0 aromatic carbocycles. The average molecular weight is 1430 g/mol. The van der Waals surface area contributed by atoms with E-state index in [4.69, 9.17) is 32.3 Å². The first kappa shape index (κ1) is 94.9. The van der Waals surface area contributed by atoms with Crippen LogP contribution in [-0.2, 0) is 55.8 Å². The maximum Gasteiger partial charge on any atom is 0.472 e. The number of aliphatic hydroxyl groups is 2. The second-order valence-corrected chi connectivity index (χ2v) is 28.7. The van der Waals surface area contributed by atoms with Gasteiger partial charge in [0.15, 0.2) is 6.10 Å². The summed E-state index contributed by atoms with van der Waals surface area (Å²) in [7, 11) is -9.79. The molecule has 0 aromatic heterocycles. The van der Waals surface area contributed by atoms with Crippen molar-refractivity contribution in [2.45, 2.75) is 334 Å². The van der Waals surface area contributed by atoms with Gasteiger partial charge in [-0.25, -0.2) is 9.13 Å². The zero-order valence-corrected chi connectivity index (χ0v) is 63.9. The third-order valence-electron chi connectivity index (χ3n) is 16.1. The number of phosphoric ester groups is 2. The van der Waals surface area contributed by atoms with Crippen LogP contribution in [0, 0.1) is 0 Å². The highest BCUT2D eigenvalue weighted by Gasteiger charge is 2.29. The van der Waals surface area contributed by atoms with Crippen molar-refractivity contribution in [2.75, 3.05) is 39.6 Å². The third kappa shape index (κ3) is 74.9. The lowest BCUT2D eigenvalue weighted by Crippen LogP contribution is -2.30. The molecular formula is C81H140O16P2. The van der Waals surface area contributed by atoms with Crippen molar-refractivity contribution in [3.8, 4) is 0 Å². The second kappa shape index (κ2) is 73.7. The number of carbonyl (C=O) groups excluding carboxylic acids is 3. The van der Waals surface area contributed by atoms with Gasteiger partial charge in [0.05, 0.1) is 26.4 Å². The minimum absolute atomic E-state index is 0.0846. The van der Waals surface area contributed by atoms with E-state index < -0.39 is 91.5 Å². The van der Waals surface area contributed by atoms with E-state index in [2.05, 4.69) is 142 Å². The zero-order chi connectivity index (χ0) is 72.3. The summed E-state index contributed by atoms with van der Waals surface area (Å²) in [5.74, 6) is -1.62. The van der Waals surface area contributed by atoms with E-state index in [1.807, 2.05) is 0 Å². The van der Waals surface area contributed by atoms with Crippen molar-refractivity contribution in [2.24, 2.45) is 0 Å². The third-order valence-corrected chi connectivity index (χ3v) is 18.0. The molecule has 0 saturated heterocycles. The Morgan fingerprint density at radius 3 is 0.899 bits per heavy atom. The molecule has 0 aromatic rings. The second-order valence-electron chi connectivity index (χ2n) is 25.8. The molecule has 0 aliphatic rings. The van der Waals surface area contributed by atoms with E-state index in [0.29, 0.717) is 19.3 Å². The van der Waals surface area contributed by atoms with Crippen LogP contribution >= 0.6 is 15.6 Å². The van der Waals surface area contributed by atoms with Crippen molar-refractivity contribution < 1.29 is 75.8 Å². The maximum atomic E-state index is 12.9. The van der Waals surface area contributed by atoms with Crippen molar-refractivity contribution in [1.82, 2.24) is 0 Å². The van der Waals surface area contributed by atoms with Crippen molar-refractivity contribution in [3.05, 3.63) is 122 Å². The van der Waals surface area contributed by atoms with Gasteiger partial charge in [-0.1, -0.05) is 290 Å². The first-order chi connectivity index (χ1) is 48.2. The number of esters is 3. The number of phosphoric acid groups is 2. The average Bonchev–Trinajstić information content (AvgIpc) is 1.32. The zero-order valence-electron chi connectivity index (χ0n) is 62.1.